The van der Waals surface area contributed by atoms with Gasteiger partial charge in [-0.25, -0.2) is 0 Å². The van der Waals surface area contributed by atoms with Gasteiger partial charge in [0.2, 0.25) is 5.91 Å². The number of nitrogens with one attached hydrogen (secondary N) is 1. The van der Waals surface area contributed by atoms with Crippen LogP contribution in [0.5, 0.6) is 0 Å². The molecular formula is C17H22N4O3. The maximum atomic E-state index is 12.2. The summed E-state index contributed by atoms with van der Waals surface area (Å²) in [6.07, 6.45) is 6.57. The second kappa shape index (κ2) is 8.24. The van der Waals surface area contributed by atoms with E-state index >= 15 is 0 Å². The number of hydrogen-bond donors (Lipinski definition) is 1. The van der Waals surface area contributed by atoms with E-state index in [1.807, 2.05) is 12.1 Å². The number of amides is 3. The molecule has 1 aliphatic rings. The van der Waals surface area contributed by atoms with Crippen LogP contribution in [0.4, 0.5) is 0 Å². The van der Waals surface area contributed by atoms with E-state index in [2.05, 4.69) is 10.3 Å². The number of rotatable bonds is 3. The van der Waals surface area contributed by atoms with Crippen LogP contribution < -0.4 is 5.32 Å². The molecule has 0 atom stereocenters. The second-order valence-corrected chi connectivity index (χ2v) is 5.86. The number of carbonyl (C=O) groups is 3. The topological polar surface area (TPSA) is 82.6 Å². The third-order valence-corrected chi connectivity index (χ3v) is 3.62. The van der Waals surface area contributed by atoms with Crippen molar-refractivity contribution in [2.24, 2.45) is 0 Å². The quantitative estimate of drug-likeness (QED) is 0.638. The lowest BCUT2D eigenvalue weighted by Crippen LogP contribution is -2.54. The van der Waals surface area contributed by atoms with Gasteiger partial charge in [0.25, 0.3) is 0 Å². The Morgan fingerprint density at radius 3 is 2.25 bits per heavy atom. The predicted molar refractivity (Wildman–Crippen MR) is 89.7 cm³/mol. The minimum absolute atomic E-state index is 0.0809. The first kappa shape index (κ1) is 17.7. The SMILES string of the molecule is CC(C)NC(=O)C(=O)N1CCN(C(=O)/C=C/c2ccncc2)CC1. The summed E-state index contributed by atoms with van der Waals surface area (Å²) in [6.45, 7) is 5.16. The fourth-order valence-electron chi connectivity index (χ4n) is 2.34. The molecule has 128 valence electrons. The van der Waals surface area contributed by atoms with Gasteiger partial charge in [-0.2, -0.15) is 0 Å². The van der Waals surface area contributed by atoms with Crippen LogP contribution in [0.1, 0.15) is 19.4 Å². The van der Waals surface area contributed by atoms with Crippen molar-refractivity contribution >= 4 is 23.8 Å². The third-order valence-electron chi connectivity index (χ3n) is 3.62. The summed E-state index contributed by atoms with van der Waals surface area (Å²) in [6, 6.07) is 3.55. The van der Waals surface area contributed by atoms with Gasteiger partial charge in [0, 0.05) is 50.7 Å². The van der Waals surface area contributed by atoms with Gasteiger partial charge < -0.3 is 15.1 Å². The highest BCUT2D eigenvalue weighted by Gasteiger charge is 2.27. The molecular weight excluding hydrogens is 308 g/mol. The van der Waals surface area contributed by atoms with Crippen molar-refractivity contribution in [3.63, 3.8) is 0 Å². The number of carbonyl (C=O) groups excluding carboxylic acids is 3. The molecule has 3 amide bonds. The Hall–Kier alpha value is -2.70. The van der Waals surface area contributed by atoms with E-state index in [0.717, 1.165) is 5.56 Å². The zero-order chi connectivity index (χ0) is 17.5. The van der Waals surface area contributed by atoms with Crippen molar-refractivity contribution in [3.05, 3.63) is 36.2 Å². The Labute approximate surface area is 141 Å². The summed E-state index contributed by atoms with van der Waals surface area (Å²) in [7, 11) is 0. The van der Waals surface area contributed by atoms with E-state index < -0.39 is 11.8 Å². The average Bonchev–Trinajstić information content (AvgIpc) is 2.59. The highest BCUT2D eigenvalue weighted by molar-refractivity contribution is 6.35. The highest BCUT2D eigenvalue weighted by atomic mass is 16.2. The van der Waals surface area contributed by atoms with Crippen LogP contribution in [0.2, 0.25) is 0 Å². The Kier molecular flexibility index (Phi) is 6.06. The maximum Gasteiger partial charge on any atom is 0.312 e. The molecule has 1 aromatic rings. The zero-order valence-corrected chi connectivity index (χ0v) is 13.9. The van der Waals surface area contributed by atoms with Crippen molar-refractivity contribution in [3.8, 4) is 0 Å². The number of hydrogen-bond acceptors (Lipinski definition) is 4. The van der Waals surface area contributed by atoms with Gasteiger partial charge in [-0.05, 0) is 37.6 Å². The molecule has 2 heterocycles. The summed E-state index contributed by atoms with van der Waals surface area (Å²) >= 11 is 0. The minimum Gasteiger partial charge on any atom is -0.346 e. The maximum absolute atomic E-state index is 12.2. The molecule has 0 unspecified atom stereocenters. The molecule has 1 fully saturated rings. The van der Waals surface area contributed by atoms with Crippen LogP contribution in [-0.2, 0) is 14.4 Å². The molecule has 0 radical (unpaired) electrons. The fraction of sp³-hybridized carbons (Fsp3) is 0.412. The van der Waals surface area contributed by atoms with Crippen LogP contribution in [0.15, 0.2) is 30.6 Å². The molecule has 24 heavy (non-hydrogen) atoms. The molecule has 0 aromatic carbocycles. The third kappa shape index (κ3) is 4.91. The lowest BCUT2D eigenvalue weighted by Gasteiger charge is -2.33. The smallest absolute Gasteiger partial charge is 0.312 e. The number of aromatic nitrogens is 1. The lowest BCUT2D eigenvalue weighted by atomic mass is 10.2. The normalized spacial score (nSPS) is 15.0. The molecule has 0 spiro atoms. The van der Waals surface area contributed by atoms with Crippen molar-refractivity contribution < 1.29 is 14.4 Å². The number of pyridine rings is 1. The van der Waals surface area contributed by atoms with E-state index in [4.69, 9.17) is 0 Å². The van der Waals surface area contributed by atoms with Crippen LogP contribution >= 0.6 is 0 Å². The lowest BCUT2D eigenvalue weighted by molar-refractivity contribution is -0.148. The summed E-state index contributed by atoms with van der Waals surface area (Å²) in [4.78, 5) is 43.0. The van der Waals surface area contributed by atoms with Crippen LogP contribution in [-0.4, -0.2) is 64.7 Å². The van der Waals surface area contributed by atoms with Crippen molar-refractivity contribution in [2.75, 3.05) is 26.2 Å². The largest absolute Gasteiger partial charge is 0.346 e. The Morgan fingerprint density at radius 2 is 1.67 bits per heavy atom. The molecule has 1 saturated heterocycles. The van der Waals surface area contributed by atoms with Gasteiger partial charge in [-0.15, -0.1) is 0 Å². The van der Waals surface area contributed by atoms with Gasteiger partial charge in [-0.3, -0.25) is 19.4 Å². The average molecular weight is 330 g/mol. The van der Waals surface area contributed by atoms with Crippen molar-refractivity contribution in [1.82, 2.24) is 20.1 Å². The molecule has 1 aromatic heterocycles. The fourth-order valence-corrected chi connectivity index (χ4v) is 2.34. The van der Waals surface area contributed by atoms with Crippen molar-refractivity contribution in [1.29, 1.82) is 0 Å². The van der Waals surface area contributed by atoms with Gasteiger partial charge >= 0.3 is 11.8 Å². The molecule has 7 nitrogen and oxygen atoms in total. The van der Waals surface area contributed by atoms with Crippen LogP contribution in [0.3, 0.4) is 0 Å². The predicted octanol–water partition coefficient (Wildman–Crippen LogP) is 0.290. The molecule has 1 aliphatic heterocycles. The van der Waals surface area contributed by atoms with Crippen molar-refractivity contribution in [2.45, 2.75) is 19.9 Å². The van der Waals surface area contributed by atoms with E-state index in [1.165, 1.54) is 11.0 Å². The van der Waals surface area contributed by atoms with E-state index in [-0.39, 0.29) is 11.9 Å². The van der Waals surface area contributed by atoms with Gasteiger partial charge in [0.1, 0.15) is 0 Å². The summed E-state index contributed by atoms with van der Waals surface area (Å²) in [5.41, 5.74) is 0.900. The monoisotopic (exact) mass is 330 g/mol. The molecule has 0 saturated carbocycles. The zero-order valence-electron chi connectivity index (χ0n) is 13.9. The number of nitrogens with zero attached hydrogens (tertiary/aromatic N) is 3. The van der Waals surface area contributed by atoms with E-state index in [0.29, 0.717) is 26.2 Å². The molecule has 1 N–H and O–H groups in total. The Balaban J connectivity index is 1.84. The Morgan fingerprint density at radius 1 is 1.08 bits per heavy atom. The van der Waals surface area contributed by atoms with E-state index in [9.17, 15) is 14.4 Å². The first-order chi connectivity index (χ1) is 11.5. The second-order valence-electron chi connectivity index (χ2n) is 5.86. The summed E-state index contributed by atoms with van der Waals surface area (Å²) in [5, 5.41) is 2.59. The van der Waals surface area contributed by atoms with Crippen LogP contribution in [0.25, 0.3) is 6.08 Å². The van der Waals surface area contributed by atoms with Gasteiger partial charge in [0.05, 0.1) is 0 Å². The first-order valence-electron chi connectivity index (χ1n) is 7.94. The highest BCUT2D eigenvalue weighted by Crippen LogP contribution is 2.05. The van der Waals surface area contributed by atoms with Gasteiger partial charge in [0.15, 0.2) is 0 Å². The van der Waals surface area contributed by atoms with Crippen LogP contribution in [0, 0.1) is 0 Å². The molecule has 2 rings (SSSR count). The molecule has 0 aliphatic carbocycles. The van der Waals surface area contributed by atoms with Gasteiger partial charge in [-0.1, -0.05) is 0 Å². The molecule has 7 heteroatoms. The van der Waals surface area contributed by atoms with E-state index in [1.54, 1.807) is 37.2 Å². The summed E-state index contributed by atoms with van der Waals surface area (Å²) < 4.78 is 0. The minimum atomic E-state index is -0.595. The first-order valence-corrected chi connectivity index (χ1v) is 7.94. The molecule has 0 bridgehead atoms. The standard InChI is InChI=1S/C17H22N4O3/c1-13(2)19-16(23)17(24)21-11-9-20(10-12-21)15(22)4-3-14-5-7-18-8-6-14/h3-8,13H,9-12H2,1-2H3,(H,19,23)/b4-3+. The summed E-state index contributed by atoms with van der Waals surface area (Å²) in [5.74, 6) is -1.24. The Bertz CT molecular complexity index is 620. The number of piperazine rings is 1.